The fraction of sp³-hybridized carbons (Fsp3) is 0.526. The topological polar surface area (TPSA) is 56.0 Å². The maximum Gasteiger partial charge on any atom is 0.271 e. The maximum absolute atomic E-state index is 12.7. The highest BCUT2D eigenvalue weighted by atomic mass is 32.1. The lowest BCUT2D eigenvalue weighted by atomic mass is 10.1. The summed E-state index contributed by atoms with van der Waals surface area (Å²) in [5, 5.41) is 6.65. The SMILES string of the molecule is Cc1nn(C(C)C)c(C)c1CN1CCc2nc3ccsc3c(=O)n2CC1. The van der Waals surface area contributed by atoms with Crippen molar-refractivity contribution in [2.24, 2.45) is 0 Å². The van der Waals surface area contributed by atoms with Crippen molar-refractivity contribution in [3.05, 3.63) is 44.6 Å². The zero-order valence-electron chi connectivity index (χ0n) is 15.8. The third-order valence-electron chi connectivity index (χ3n) is 5.28. The Morgan fingerprint density at radius 3 is 2.77 bits per heavy atom. The number of thiophene rings is 1. The molecule has 0 amide bonds. The summed E-state index contributed by atoms with van der Waals surface area (Å²) in [6.45, 7) is 11.9. The molecule has 0 N–H and O–H groups in total. The van der Waals surface area contributed by atoms with Gasteiger partial charge >= 0.3 is 0 Å². The van der Waals surface area contributed by atoms with Crippen molar-refractivity contribution in [2.45, 2.75) is 53.2 Å². The second-order valence-corrected chi connectivity index (χ2v) is 8.25. The first kappa shape index (κ1) is 17.4. The van der Waals surface area contributed by atoms with E-state index in [4.69, 9.17) is 10.1 Å². The van der Waals surface area contributed by atoms with Gasteiger partial charge in [0.25, 0.3) is 5.56 Å². The molecule has 26 heavy (non-hydrogen) atoms. The summed E-state index contributed by atoms with van der Waals surface area (Å²) in [5.74, 6) is 0.912. The minimum absolute atomic E-state index is 0.113. The second kappa shape index (κ2) is 6.63. The van der Waals surface area contributed by atoms with E-state index >= 15 is 0 Å². The Morgan fingerprint density at radius 2 is 2.04 bits per heavy atom. The van der Waals surface area contributed by atoms with Crippen molar-refractivity contribution in [3.8, 4) is 0 Å². The lowest BCUT2D eigenvalue weighted by molar-refractivity contribution is 0.270. The molecule has 4 heterocycles. The Morgan fingerprint density at radius 1 is 1.23 bits per heavy atom. The van der Waals surface area contributed by atoms with Gasteiger partial charge in [0.15, 0.2) is 0 Å². The predicted octanol–water partition coefficient (Wildman–Crippen LogP) is 2.91. The normalized spacial score (nSPS) is 15.6. The van der Waals surface area contributed by atoms with E-state index in [1.54, 1.807) is 0 Å². The third kappa shape index (κ3) is 2.89. The minimum Gasteiger partial charge on any atom is -0.297 e. The smallest absolute Gasteiger partial charge is 0.271 e. The van der Waals surface area contributed by atoms with Crippen LogP contribution in [-0.4, -0.2) is 37.3 Å². The summed E-state index contributed by atoms with van der Waals surface area (Å²) < 4.78 is 4.75. The molecule has 0 aliphatic carbocycles. The number of fused-ring (bicyclic) bond motifs is 2. The van der Waals surface area contributed by atoms with Crippen LogP contribution in [-0.2, 0) is 19.5 Å². The average Bonchev–Trinajstić information content (AvgIpc) is 3.10. The van der Waals surface area contributed by atoms with Crippen LogP contribution in [0.25, 0.3) is 10.2 Å². The highest BCUT2D eigenvalue weighted by Crippen LogP contribution is 2.21. The summed E-state index contributed by atoms with van der Waals surface area (Å²) >= 11 is 1.49. The molecule has 4 rings (SSSR count). The predicted molar refractivity (Wildman–Crippen MR) is 105 cm³/mol. The highest BCUT2D eigenvalue weighted by molar-refractivity contribution is 7.17. The standard InChI is InChI=1S/C19H25N5OS/c1-12(2)24-14(4)15(13(3)21-24)11-22-7-5-17-20-16-6-10-26-18(16)19(25)23(17)9-8-22/h6,10,12H,5,7-9,11H2,1-4H3. The molecule has 0 radical (unpaired) electrons. The molecule has 138 valence electrons. The van der Waals surface area contributed by atoms with Gasteiger partial charge < -0.3 is 0 Å². The Hall–Kier alpha value is -1.99. The molecule has 0 fully saturated rings. The molecule has 0 atom stereocenters. The first-order valence-electron chi connectivity index (χ1n) is 9.19. The van der Waals surface area contributed by atoms with Crippen molar-refractivity contribution in [1.82, 2.24) is 24.2 Å². The van der Waals surface area contributed by atoms with Gasteiger partial charge in [0.1, 0.15) is 10.5 Å². The van der Waals surface area contributed by atoms with Crippen molar-refractivity contribution < 1.29 is 0 Å². The van der Waals surface area contributed by atoms with Crippen molar-refractivity contribution in [1.29, 1.82) is 0 Å². The number of hydrogen-bond donors (Lipinski definition) is 0. The molecule has 7 heteroatoms. The number of aryl methyl sites for hydroxylation is 1. The van der Waals surface area contributed by atoms with Crippen LogP contribution >= 0.6 is 11.3 Å². The van der Waals surface area contributed by atoms with Gasteiger partial charge in [0.05, 0.1) is 11.2 Å². The number of nitrogens with zero attached hydrogens (tertiary/aromatic N) is 5. The Bertz CT molecular complexity index is 1010. The van der Waals surface area contributed by atoms with E-state index in [0.29, 0.717) is 12.6 Å². The highest BCUT2D eigenvalue weighted by Gasteiger charge is 2.21. The van der Waals surface area contributed by atoms with Gasteiger partial charge in [-0.15, -0.1) is 11.3 Å². The summed E-state index contributed by atoms with van der Waals surface area (Å²) in [6.07, 6.45) is 0.803. The van der Waals surface area contributed by atoms with Crippen LogP contribution in [0.4, 0.5) is 0 Å². The Labute approximate surface area is 157 Å². The van der Waals surface area contributed by atoms with E-state index in [1.807, 2.05) is 16.0 Å². The van der Waals surface area contributed by atoms with E-state index in [1.165, 1.54) is 22.6 Å². The van der Waals surface area contributed by atoms with Crippen molar-refractivity contribution in [2.75, 3.05) is 13.1 Å². The van der Waals surface area contributed by atoms with Crippen LogP contribution in [0.5, 0.6) is 0 Å². The van der Waals surface area contributed by atoms with Crippen LogP contribution in [0.3, 0.4) is 0 Å². The minimum atomic E-state index is 0.113. The van der Waals surface area contributed by atoms with Gasteiger partial charge in [-0.25, -0.2) is 4.98 Å². The molecule has 0 aromatic carbocycles. The third-order valence-corrected chi connectivity index (χ3v) is 6.17. The zero-order chi connectivity index (χ0) is 18.4. The van der Waals surface area contributed by atoms with E-state index in [2.05, 4.69) is 37.3 Å². The van der Waals surface area contributed by atoms with Crippen molar-refractivity contribution in [3.63, 3.8) is 0 Å². The van der Waals surface area contributed by atoms with Gasteiger partial charge in [-0.05, 0) is 39.1 Å². The molecule has 3 aromatic rings. The van der Waals surface area contributed by atoms with E-state index in [0.717, 1.165) is 47.8 Å². The van der Waals surface area contributed by atoms with Crippen LogP contribution in [0, 0.1) is 13.8 Å². The van der Waals surface area contributed by atoms with Gasteiger partial charge in [-0.3, -0.25) is 18.9 Å². The molecule has 1 aliphatic rings. The molecular formula is C19H25N5OS. The zero-order valence-corrected chi connectivity index (χ0v) is 16.6. The molecule has 3 aromatic heterocycles. The molecular weight excluding hydrogens is 346 g/mol. The summed E-state index contributed by atoms with van der Waals surface area (Å²) in [5.41, 5.74) is 4.61. The number of rotatable bonds is 3. The van der Waals surface area contributed by atoms with E-state index in [9.17, 15) is 4.79 Å². The summed E-state index contributed by atoms with van der Waals surface area (Å²) in [7, 11) is 0. The molecule has 0 spiro atoms. The molecule has 6 nitrogen and oxygen atoms in total. The molecule has 0 unspecified atom stereocenters. The van der Waals surface area contributed by atoms with Gasteiger partial charge in [0, 0.05) is 49.9 Å². The van der Waals surface area contributed by atoms with Crippen LogP contribution in [0.15, 0.2) is 16.2 Å². The average molecular weight is 372 g/mol. The largest absolute Gasteiger partial charge is 0.297 e. The number of aromatic nitrogens is 4. The monoisotopic (exact) mass is 371 g/mol. The Kier molecular flexibility index (Phi) is 4.44. The fourth-order valence-electron chi connectivity index (χ4n) is 3.83. The van der Waals surface area contributed by atoms with E-state index in [-0.39, 0.29) is 5.56 Å². The van der Waals surface area contributed by atoms with Crippen LogP contribution in [0.2, 0.25) is 0 Å². The molecule has 1 aliphatic heterocycles. The number of hydrogen-bond acceptors (Lipinski definition) is 5. The van der Waals surface area contributed by atoms with Gasteiger partial charge in [-0.2, -0.15) is 5.10 Å². The molecule has 0 saturated carbocycles. The summed E-state index contributed by atoms with van der Waals surface area (Å²) in [6, 6.07) is 2.31. The van der Waals surface area contributed by atoms with Crippen LogP contribution < -0.4 is 5.56 Å². The Balaban J connectivity index is 1.59. The fourth-order valence-corrected chi connectivity index (χ4v) is 4.61. The summed E-state index contributed by atoms with van der Waals surface area (Å²) in [4.78, 5) is 19.9. The maximum atomic E-state index is 12.7. The van der Waals surface area contributed by atoms with Gasteiger partial charge in [-0.1, -0.05) is 0 Å². The van der Waals surface area contributed by atoms with Gasteiger partial charge in [0.2, 0.25) is 0 Å². The first-order valence-corrected chi connectivity index (χ1v) is 10.1. The first-order chi connectivity index (χ1) is 12.5. The molecule has 0 saturated heterocycles. The lowest BCUT2D eigenvalue weighted by Crippen LogP contribution is -2.28. The van der Waals surface area contributed by atoms with Crippen LogP contribution in [0.1, 0.15) is 42.7 Å². The molecule has 0 bridgehead atoms. The quantitative estimate of drug-likeness (QED) is 0.710. The van der Waals surface area contributed by atoms with E-state index < -0.39 is 0 Å². The lowest BCUT2D eigenvalue weighted by Gasteiger charge is -2.19. The second-order valence-electron chi connectivity index (χ2n) is 7.33. The van der Waals surface area contributed by atoms with Crippen molar-refractivity contribution >= 4 is 21.6 Å².